The van der Waals surface area contributed by atoms with Crippen LogP contribution in [0.15, 0.2) is 80.4 Å². The average molecular weight is 1220 g/mol. The van der Waals surface area contributed by atoms with Gasteiger partial charge in [-0.1, -0.05) is 18.2 Å². The molecule has 6 atom stereocenters. The smallest absolute Gasteiger partial charge is 0.453 e. The summed E-state index contributed by atoms with van der Waals surface area (Å²) in [6.07, 6.45) is -5.83. The minimum Gasteiger partial charge on any atom is -0.453 e. The SMILES string of the molecule is CCN=c1ccc2c(-c3ccccc3C(=O)N(C)CCCC(=O)NCCNC(=O)O[C@@H]3[C@H](O)[C@@H](COP(=O)(O)OP(=O)(O)NP(=O)(O)O)O[C@H]3n3cnc4c(N)ncnc43)c3ccc(NCC)c(S(=O)(=O)O)c3oc-2c1S(=O)(=O)O. The summed E-state index contributed by atoms with van der Waals surface area (Å²) >= 11 is 0. The van der Waals surface area contributed by atoms with Crippen LogP contribution < -0.4 is 31.9 Å². The first kappa shape index (κ1) is 61.3. The lowest BCUT2D eigenvalue weighted by atomic mass is 9.90. The molecule has 0 spiro atoms. The molecule has 0 radical (unpaired) electrons. The Morgan fingerprint density at radius 1 is 0.912 bits per heavy atom. The first-order valence-electron chi connectivity index (χ1n) is 23.4. The summed E-state index contributed by atoms with van der Waals surface area (Å²) in [5.41, 5.74) is 5.65. The summed E-state index contributed by atoms with van der Waals surface area (Å²) in [6.45, 7) is 1.97. The second-order valence-corrected chi connectivity index (χ2v) is 24.7. The van der Waals surface area contributed by atoms with Gasteiger partial charge in [0.25, 0.3) is 26.1 Å². The van der Waals surface area contributed by atoms with Crippen LogP contribution in [0, 0.1) is 0 Å². The molecule has 2 aliphatic heterocycles. The van der Waals surface area contributed by atoms with Gasteiger partial charge in [-0.05, 0) is 56.2 Å². The number of nitrogens with one attached hydrogen (secondary N) is 4. The fourth-order valence-electron chi connectivity index (χ4n) is 8.45. The van der Waals surface area contributed by atoms with Crippen molar-refractivity contribution in [1.29, 1.82) is 0 Å². The lowest BCUT2D eigenvalue weighted by Gasteiger charge is -2.23. The highest BCUT2D eigenvalue weighted by Crippen LogP contribution is 2.61. The quantitative estimate of drug-likeness (QED) is 0.0188. The van der Waals surface area contributed by atoms with E-state index >= 15 is 0 Å². The fourth-order valence-corrected chi connectivity index (χ4v) is 13.5. The number of nitrogen functional groups attached to an aromatic ring is 1. The zero-order chi connectivity index (χ0) is 58.7. The number of aliphatic hydroxyl groups is 1. The summed E-state index contributed by atoms with van der Waals surface area (Å²) in [4.78, 5) is 94.6. The van der Waals surface area contributed by atoms with E-state index in [2.05, 4.69) is 44.7 Å². The first-order chi connectivity index (χ1) is 37.4. The van der Waals surface area contributed by atoms with E-state index in [-0.39, 0.29) is 101 Å². The van der Waals surface area contributed by atoms with Crippen LogP contribution in [0.3, 0.4) is 0 Å². The summed E-state index contributed by atoms with van der Waals surface area (Å²) in [5, 5.41) is 18.8. The molecule has 2 aromatic carbocycles. The van der Waals surface area contributed by atoms with Gasteiger partial charge in [-0.3, -0.25) is 32.8 Å². The van der Waals surface area contributed by atoms with Gasteiger partial charge in [0.05, 0.1) is 24.0 Å². The van der Waals surface area contributed by atoms with Crippen LogP contribution in [0.4, 0.5) is 16.3 Å². The standard InChI is InChI=1S/C42H52N11O22P3S2/c1-4-44-26-14-12-24-30(25-13-15-27(45-5-2)37(80(68,69)70)34(25)73-33(24)36(26)79(65,66)67)22-9-6-7-10-23(22)40(56)52(3)18-8-11-29(54)46-16-17-47-42(57)74-35-32(55)28(19-71-78(63,64)75-77(61,62)51-76(58,59)60)72-41(35)53-21-50-31-38(43)48-20-49-39(31)53/h6-7,9-10,12-15,20-21,28,32,35,41,44,55H,4-5,8,11,16-19H2,1-3H3,(H,46,54)(H,47,57)(H,63,64)(H2,43,48,49)(H,65,66,67)(H,68,69,70)(H4,51,58,59,60,61,62)/t28-,32-,35-,41-/m1/s1. The third-order valence-electron chi connectivity index (χ3n) is 11.6. The van der Waals surface area contributed by atoms with Crippen LogP contribution in [0.5, 0.6) is 0 Å². The summed E-state index contributed by atoms with van der Waals surface area (Å²) in [6, 6.07) is 11.7. The molecule has 1 aliphatic carbocycles. The minimum absolute atomic E-state index is 0.00668. The van der Waals surface area contributed by atoms with E-state index in [0.717, 1.165) is 22.1 Å². The highest BCUT2D eigenvalue weighted by molar-refractivity contribution is 7.86. The predicted molar refractivity (Wildman–Crippen MR) is 277 cm³/mol. The van der Waals surface area contributed by atoms with Crippen molar-refractivity contribution >= 4 is 95.1 Å². The molecular formula is C42H52N11O22P3S2. The van der Waals surface area contributed by atoms with Crippen LogP contribution in [0.1, 0.15) is 43.3 Å². The topological polar surface area (TPSA) is 496 Å². The summed E-state index contributed by atoms with van der Waals surface area (Å²) < 4.78 is 136. The van der Waals surface area contributed by atoms with Gasteiger partial charge in [0.1, 0.15) is 24.1 Å². The molecule has 13 N–H and O–H groups in total. The van der Waals surface area contributed by atoms with Crippen LogP contribution in [0.25, 0.3) is 44.6 Å². The zero-order valence-corrected chi connectivity index (χ0v) is 46.2. The molecule has 0 bridgehead atoms. The number of carbonyl (C=O) groups is 3. The molecule has 4 heterocycles. The number of ether oxygens (including phenoxy) is 2. The Morgan fingerprint density at radius 3 is 2.29 bits per heavy atom. The number of amides is 3. The molecule has 38 heteroatoms. The van der Waals surface area contributed by atoms with Crippen LogP contribution in [0.2, 0.25) is 0 Å². The predicted octanol–water partition coefficient (Wildman–Crippen LogP) is 1.71. The van der Waals surface area contributed by atoms with Gasteiger partial charge in [-0.25, -0.2) is 33.4 Å². The van der Waals surface area contributed by atoms with E-state index in [0.29, 0.717) is 0 Å². The average Bonchev–Trinajstić information content (AvgIpc) is 4.07. The lowest BCUT2D eigenvalue weighted by Crippen LogP contribution is -2.41. The molecule has 1 saturated heterocycles. The highest BCUT2D eigenvalue weighted by Gasteiger charge is 2.49. The number of benzene rings is 3. The minimum atomic E-state index is -5.66. The highest BCUT2D eigenvalue weighted by atomic mass is 32.2. The van der Waals surface area contributed by atoms with Gasteiger partial charge in [0.15, 0.2) is 44.9 Å². The van der Waals surface area contributed by atoms with Crippen LogP contribution in [-0.2, 0) is 57.0 Å². The van der Waals surface area contributed by atoms with Crippen molar-refractivity contribution in [2.24, 2.45) is 4.99 Å². The number of hydrogen-bond acceptors (Lipinski definition) is 22. The third-order valence-corrected chi connectivity index (χ3v) is 17.7. The Labute approximate surface area is 452 Å². The Hall–Kier alpha value is -6.36. The van der Waals surface area contributed by atoms with Crippen LogP contribution >= 0.6 is 23.3 Å². The van der Waals surface area contributed by atoms with E-state index in [9.17, 15) is 68.9 Å². The molecule has 4 aromatic rings. The zero-order valence-electron chi connectivity index (χ0n) is 41.9. The Morgan fingerprint density at radius 2 is 1.61 bits per heavy atom. The Balaban J connectivity index is 1.01. The molecule has 434 valence electrons. The van der Waals surface area contributed by atoms with Crippen molar-refractivity contribution in [2.75, 3.05) is 57.4 Å². The number of alkyl carbamates (subject to hydrolysis) is 1. The molecule has 1 fully saturated rings. The van der Waals surface area contributed by atoms with E-state index in [4.69, 9.17) is 29.4 Å². The number of aliphatic hydroxyl groups excluding tert-OH is 1. The van der Waals surface area contributed by atoms with Crippen molar-refractivity contribution in [1.82, 2.24) is 39.9 Å². The second-order valence-electron chi connectivity index (χ2n) is 17.2. The molecule has 33 nitrogen and oxygen atoms in total. The molecule has 3 amide bonds. The monoisotopic (exact) mass is 1220 g/mol. The maximum atomic E-state index is 14.3. The summed E-state index contributed by atoms with van der Waals surface area (Å²) in [7, 11) is -25.6. The number of imidazole rings is 1. The molecular weight excluding hydrogens is 1170 g/mol. The second kappa shape index (κ2) is 24.4. The third kappa shape index (κ3) is 14.2. The Bertz CT molecular complexity index is 3790. The van der Waals surface area contributed by atoms with Crippen molar-refractivity contribution < 1.29 is 101 Å². The normalized spacial score (nSPS) is 18.7. The van der Waals surface area contributed by atoms with Gasteiger partial charge in [-0.2, -0.15) is 21.1 Å². The lowest BCUT2D eigenvalue weighted by molar-refractivity contribution is -0.121. The van der Waals surface area contributed by atoms with E-state index in [1.54, 1.807) is 26.0 Å². The molecule has 80 heavy (non-hydrogen) atoms. The maximum absolute atomic E-state index is 14.3. The maximum Gasteiger partial charge on any atom is 0.480 e. The number of hydrogen-bond donors (Lipinski definition) is 12. The molecule has 0 saturated carbocycles. The van der Waals surface area contributed by atoms with Gasteiger partial charge in [0.2, 0.25) is 5.91 Å². The first-order valence-corrected chi connectivity index (χ1v) is 31.0. The fraction of sp³-hybridized carbons (Fsp3) is 0.357. The number of carbonyl (C=O) groups excluding carboxylic acids is 3. The van der Waals surface area contributed by atoms with E-state index < -0.39 is 114 Å². The number of nitrogens with zero attached hydrogens (tertiary/aromatic N) is 6. The van der Waals surface area contributed by atoms with Crippen molar-refractivity contribution in [3.63, 3.8) is 0 Å². The molecule has 7 rings (SSSR count). The summed E-state index contributed by atoms with van der Waals surface area (Å²) in [5.74, 6) is -1.71. The number of phosphoric acid groups is 1. The van der Waals surface area contributed by atoms with Gasteiger partial charge >= 0.3 is 29.4 Å². The van der Waals surface area contributed by atoms with Gasteiger partial charge in [-0.15, -0.1) is 4.86 Å². The number of anilines is 2. The van der Waals surface area contributed by atoms with Gasteiger partial charge < -0.3 is 65.2 Å². The largest absolute Gasteiger partial charge is 0.480 e. The number of aromatic nitrogens is 4. The Kier molecular flexibility index (Phi) is 18.7. The van der Waals surface area contributed by atoms with E-state index in [1.807, 2.05) is 0 Å². The van der Waals surface area contributed by atoms with Crippen LogP contribution in [-0.4, -0.2) is 158 Å². The van der Waals surface area contributed by atoms with Crippen molar-refractivity contribution in [3.05, 3.63) is 72.1 Å². The number of fused-ring (bicyclic) bond motifs is 3. The van der Waals surface area contributed by atoms with Crippen molar-refractivity contribution in [3.8, 4) is 22.5 Å². The number of nitrogens with two attached hydrogens (primary N) is 1. The molecule has 2 unspecified atom stereocenters. The molecule has 2 aromatic heterocycles. The number of phosphoric ester groups is 1. The van der Waals surface area contributed by atoms with E-state index in [1.165, 1.54) is 48.3 Å². The number of rotatable bonds is 23. The van der Waals surface area contributed by atoms with Crippen molar-refractivity contribution in [2.45, 2.75) is 61.0 Å². The van der Waals surface area contributed by atoms with Gasteiger partial charge in [0, 0.05) is 68.3 Å². The molecule has 3 aliphatic rings.